The molecule has 312 valence electrons. The molecule has 1 aliphatic rings. The van der Waals surface area contributed by atoms with E-state index in [1.165, 1.54) is 14.2 Å². The maximum absolute atomic E-state index is 13.9. The van der Waals surface area contributed by atoms with E-state index < -0.39 is 23.6 Å². The van der Waals surface area contributed by atoms with E-state index in [1.54, 1.807) is 0 Å². The van der Waals surface area contributed by atoms with Crippen LogP contribution in [-0.2, 0) is 14.3 Å². The smallest absolute Gasteiger partial charge is 0.407 e. The number of carbonyl (C=O) groups excluding carboxylic acids is 3. The molecule has 0 bridgehead atoms. The molecule has 0 aliphatic carbocycles. The number of amides is 3. The van der Waals surface area contributed by atoms with Gasteiger partial charge in [0, 0.05) is 34.8 Å². The summed E-state index contributed by atoms with van der Waals surface area (Å²) in [6, 6.07) is 17.4. The number of hydrogen-bond acceptors (Lipinski definition) is 9. The number of carbonyl (C=O) groups is 3. The van der Waals surface area contributed by atoms with Gasteiger partial charge in [-0.1, -0.05) is 59.7 Å². The van der Waals surface area contributed by atoms with Crippen molar-refractivity contribution in [3.8, 4) is 11.3 Å². The van der Waals surface area contributed by atoms with E-state index in [2.05, 4.69) is 71.7 Å². The average Bonchev–Trinajstić information content (AvgIpc) is 3.98. The Bertz CT molecular complexity index is 2510. The standard InChI is InChI=1S/C45H57N9O5/c1-44(2,3)35(50-42(56)58-7)24-27(11-9-21-46)39-48-33-20-19-31-29(37(33)51-39)16-18-30(47-31)26-13-15-28-25(23-26)14-17-32-36(28)52-40(49-32)34-12-10-22-54(34)41(55)38(45(4,5)6)53-43(57)59-8/h13-20,23,27,34-35,38H,9-12,21-22,24,46H2,1-8H3,(H,48,51)(H,49,52)(H,50,56)(H,53,57)/t27?,34-,35+,38+/m0/s1. The van der Waals surface area contributed by atoms with Crippen LogP contribution in [0.15, 0.2) is 54.6 Å². The number of ether oxygens (including phenoxy) is 2. The molecule has 3 aromatic heterocycles. The summed E-state index contributed by atoms with van der Waals surface area (Å²) in [7, 11) is 2.68. The summed E-state index contributed by atoms with van der Waals surface area (Å²) in [5.41, 5.74) is 11.4. The first-order valence-electron chi connectivity index (χ1n) is 20.5. The monoisotopic (exact) mass is 803 g/mol. The van der Waals surface area contributed by atoms with E-state index in [0.717, 1.165) is 92.3 Å². The predicted octanol–water partition coefficient (Wildman–Crippen LogP) is 8.23. The van der Waals surface area contributed by atoms with Gasteiger partial charge in [0.25, 0.3) is 0 Å². The normalized spacial score (nSPS) is 16.4. The van der Waals surface area contributed by atoms with Crippen LogP contribution in [-0.4, -0.2) is 87.3 Å². The molecule has 0 spiro atoms. The summed E-state index contributed by atoms with van der Waals surface area (Å²) >= 11 is 0. The SMILES string of the molecule is COC(=O)N[C@H](C(=O)N1CCC[C@H]1c1nc2ccc3cc(-c4ccc5c(ccc6nc(C(CCCN)C[C@@H](NC(=O)OC)C(C)(C)C)[nH]c65)n4)ccc3c2[nH]1)C(C)(C)C. The fourth-order valence-corrected chi connectivity index (χ4v) is 8.35. The second kappa shape index (κ2) is 16.5. The number of fused-ring (bicyclic) bond motifs is 6. The van der Waals surface area contributed by atoms with E-state index in [9.17, 15) is 14.4 Å². The Morgan fingerprint density at radius 3 is 2.22 bits per heavy atom. The summed E-state index contributed by atoms with van der Waals surface area (Å²) in [6.45, 7) is 13.3. The molecular formula is C45H57N9O5. The number of pyridine rings is 1. The Balaban J connectivity index is 1.16. The van der Waals surface area contributed by atoms with Crippen molar-refractivity contribution in [1.82, 2.24) is 40.5 Å². The summed E-state index contributed by atoms with van der Waals surface area (Å²) in [6.07, 6.45) is 2.86. The molecule has 3 aromatic carbocycles. The highest BCUT2D eigenvalue weighted by atomic mass is 16.5. The van der Waals surface area contributed by atoms with Gasteiger partial charge >= 0.3 is 12.2 Å². The van der Waals surface area contributed by atoms with Crippen LogP contribution in [0.4, 0.5) is 9.59 Å². The molecule has 1 fully saturated rings. The number of likely N-dealkylation sites (tertiary alicyclic amines) is 1. The Morgan fingerprint density at radius 2 is 1.51 bits per heavy atom. The molecule has 14 nitrogen and oxygen atoms in total. The van der Waals surface area contributed by atoms with Crippen LogP contribution in [0.1, 0.15) is 97.3 Å². The van der Waals surface area contributed by atoms with Gasteiger partial charge in [0.05, 0.1) is 53.5 Å². The van der Waals surface area contributed by atoms with Crippen LogP contribution < -0.4 is 16.4 Å². The first-order chi connectivity index (χ1) is 28.1. The fraction of sp³-hybridized carbons (Fsp3) is 0.467. The Kier molecular flexibility index (Phi) is 11.6. The average molecular weight is 804 g/mol. The van der Waals surface area contributed by atoms with Gasteiger partial charge in [-0.15, -0.1) is 0 Å². The summed E-state index contributed by atoms with van der Waals surface area (Å²) in [5, 5.41) is 8.84. The summed E-state index contributed by atoms with van der Waals surface area (Å²) in [4.78, 5) is 62.5. The van der Waals surface area contributed by atoms with Crippen LogP contribution in [0.5, 0.6) is 0 Å². The molecule has 1 saturated heterocycles. The number of nitrogens with zero attached hydrogens (tertiary/aromatic N) is 4. The lowest BCUT2D eigenvalue weighted by Crippen LogP contribution is -2.54. The molecule has 1 unspecified atom stereocenters. The molecule has 6 aromatic rings. The largest absolute Gasteiger partial charge is 0.453 e. The van der Waals surface area contributed by atoms with Gasteiger partial charge in [-0.05, 0) is 91.3 Å². The predicted molar refractivity (Wildman–Crippen MR) is 231 cm³/mol. The minimum absolute atomic E-state index is 0.0420. The van der Waals surface area contributed by atoms with Crippen LogP contribution in [0.2, 0.25) is 0 Å². The zero-order valence-electron chi connectivity index (χ0n) is 35.4. The lowest BCUT2D eigenvalue weighted by molar-refractivity contribution is -0.137. The fourth-order valence-electron chi connectivity index (χ4n) is 8.35. The molecule has 3 amide bonds. The van der Waals surface area contributed by atoms with E-state index >= 15 is 0 Å². The molecular weight excluding hydrogens is 747 g/mol. The number of H-pyrrole nitrogens is 2. The Morgan fingerprint density at radius 1 is 0.831 bits per heavy atom. The van der Waals surface area contributed by atoms with E-state index in [4.69, 9.17) is 30.2 Å². The van der Waals surface area contributed by atoms with Gasteiger partial charge in [-0.3, -0.25) is 4.79 Å². The summed E-state index contributed by atoms with van der Waals surface area (Å²) in [5.74, 6) is 1.49. The third-order valence-electron chi connectivity index (χ3n) is 11.7. The van der Waals surface area contributed by atoms with Crippen molar-refractivity contribution in [3.05, 3.63) is 66.2 Å². The molecule has 6 N–H and O–H groups in total. The van der Waals surface area contributed by atoms with Gasteiger partial charge in [0.1, 0.15) is 17.7 Å². The lowest BCUT2D eigenvalue weighted by atomic mass is 9.80. The van der Waals surface area contributed by atoms with Crippen molar-refractivity contribution in [2.45, 2.75) is 97.7 Å². The van der Waals surface area contributed by atoms with Gasteiger partial charge < -0.3 is 40.7 Å². The molecule has 0 saturated carbocycles. The van der Waals surface area contributed by atoms with Crippen molar-refractivity contribution >= 4 is 61.8 Å². The maximum atomic E-state index is 13.9. The number of rotatable bonds is 11. The second-order valence-electron chi connectivity index (χ2n) is 17.9. The first-order valence-corrected chi connectivity index (χ1v) is 20.5. The minimum Gasteiger partial charge on any atom is -0.453 e. The van der Waals surface area contributed by atoms with Gasteiger partial charge in [0.2, 0.25) is 5.91 Å². The third-order valence-corrected chi connectivity index (χ3v) is 11.7. The highest BCUT2D eigenvalue weighted by Crippen LogP contribution is 2.37. The first kappa shape index (κ1) is 41.4. The molecule has 4 atom stereocenters. The van der Waals surface area contributed by atoms with Crippen molar-refractivity contribution in [2.24, 2.45) is 16.6 Å². The maximum Gasteiger partial charge on any atom is 0.407 e. The van der Waals surface area contributed by atoms with E-state index in [1.807, 2.05) is 49.9 Å². The van der Waals surface area contributed by atoms with Crippen molar-refractivity contribution in [2.75, 3.05) is 27.3 Å². The number of nitrogens with one attached hydrogen (secondary N) is 4. The molecule has 4 heterocycles. The van der Waals surface area contributed by atoms with E-state index in [0.29, 0.717) is 19.5 Å². The Hall–Kier alpha value is -5.76. The van der Waals surface area contributed by atoms with Crippen molar-refractivity contribution in [1.29, 1.82) is 0 Å². The van der Waals surface area contributed by atoms with Crippen molar-refractivity contribution in [3.63, 3.8) is 0 Å². The topological polar surface area (TPSA) is 193 Å². The number of hydrogen-bond donors (Lipinski definition) is 5. The van der Waals surface area contributed by atoms with Gasteiger partial charge in [-0.2, -0.15) is 0 Å². The Labute approximate surface area is 344 Å². The third kappa shape index (κ3) is 8.54. The number of aromatic nitrogens is 5. The van der Waals surface area contributed by atoms with Gasteiger partial charge in [-0.25, -0.2) is 24.5 Å². The van der Waals surface area contributed by atoms with E-state index in [-0.39, 0.29) is 29.3 Å². The zero-order chi connectivity index (χ0) is 42.2. The molecule has 1 aliphatic heterocycles. The zero-order valence-corrected chi connectivity index (χ0v) is 35.4. The molecule has 14 heteroatoms. The number of aromatic amines is 2. The van der Waals surface area contributed by atoms with Crippen LogP contribution in [0.25, 0.3) is 55.0 Å². The number of imidazole rings is 2. The molecule has 0 radical (unpaired) electrons. The quantitative estimate of drug-likeness (QED) is 0.0858. The van der Waals surface area contributed by atoms with Crippen molar-refractivity contribution < 1.29 is 23.9 Å². The molecule has 7 rings (SSSR count). The highest BCUT2D eigenvalue weighted by molar-refractivity contribution is 6.06. The van der Waals surface area contributed by atoms with Gasteiger partial charge in [0.15, 0.2) is 0 Å². The number of methoxy groups -OCH3 is 2. The number of nitrogens with two attached hydrogens (primary N) is 1. The number of alkyl carbamates (subject to hydrolysis) is 2. The van der Waals surface area contributed by atoms with Crippen LogP contribution >= 0.6 is 0 Å². The second-order valence-corrected chi connectivity index (χ2v) is 17.9. The summed E-state index contributed by atoms with van der Waals surface area (Å²) < 4.78 is 9.78. The van der Waals surface area contributed by atoms with Crippen LogP contribution in [0.3, 0.4) is 0 Å². The molecule has 59 heavy (non-hydrogen) atoms. The lowest BCUT2D eigenvalue weighted by Gasteiger charge is -2.34. The minimum atomic E-state index is -0.751. The van der Waals surface area contributed by atoms with Crippen LogP contribution in [0, 0.1) is 10.8 Å². The number of benzene rings is 3. The highest BCUT2D eigenvalue weighted by Gasteiger charge is 2.41.